The van der Waals surface area contributed by atoms with E-state index in [4.69, 9.17) is 37.4 Å². The highest BCUT2D eigenvalue weighted by Gasteiger charge is 2.43. The van der Waals surface area contributed by atoms with Gasteiger partial charge in [-0.3, -0.25) is 0 Å². The number of rotatable bonds is 5. The molecular weight excluding hydrogens is 389 g/mol. The van der Waals surface area contributed by atoms with Crippen molar-refractivity contribution in [3.05, 3.63) is 70.7 Å². The van der Waals surface area contributed by atoms with Crippen molar-refractivity contribution in [2.45, 2.75) is 25.4 Å². The van der Waals surface area contributed by atoms with E-state index in [1.807, 2.05) is 19.1 Å². The molecule has 0 saturated carbocycles. The normalized spacial score (nSPS) is 22.1. The maximum Gasteiger partial charge on any atom is 0.215 e. The van der Waals surface area contributed by atoms with E-state index in [0.717, 1.165) is 5.56 Å². The van der Waals surface area contributed by atoms with Crippen molar-refractivity contribution in [2.75, 3.05) is 6.61 Å². The Morgan fingerprint density at radius 1 is 1.11 bits per heavy atom. The lowest BCUT2D eigenvalue weighted by molar-refractivity contribution is -0.185. The van der Waals surface area contributed by atoms with Crippen LogP contribution < -0.4 is 4.74 Å². The van der Waals surface area contributed by atoms with Crippen LogP contribution in [0.1, 0.15) is 12.5 Å². The van der Waals surface area contributed by atoms with Crippen molar-refractivity contribution in [3.8, 4) is 11.5 Å². The summed E-state index contributed by atoms with van der Waals surface area (Å²) in [5.74, 6) is 0.276. The molecule has 4 rings (SSSR count). The zero-order chi connectivity index (χ0) is 18.9. The number of hydrogen-bond donors (Lipinski definition) is 0. The predicted molar refractivity (Wildman–Crippen MR) is 101 cm³/mol. The van der Waals surface area contributed by atoms with Crippen molar-refractivity contribution in [3.63, 3.8) is 0 Å². The number of hydrogen-bond acceptors (Lipinski definition) is 5. The molecule has 2 atom stereocenters. The zero-order valence-corrected chi connectivity index (χ0v) is 16.0. The zero-order valence-electron chi connectivity index (χ0n) is 14.5. The first-order valence-electron chi connectivity index (χ1n) is 8.42. The Bertz CT molecular complexity index is 918. The quantitative estimate of drug-likeness (QED) is 0.617. The highest BCUT2D eigenvalue weighted by Crippen LogP contribution is 2.41. The Labute approximate surface area is 166 Å². The molecule has 0 amide bonds. The topological polar surface area (TPSA) is 58.4 Å². The molecule has 27 heavy (non-hydrogen) atoms. The molecule has 6 nitrogen and oxygen atoms in total. The van der Waals surface area contributed by atoms with Gasteiger partial charge in [0, 0.05) is 10.6 Å². The van der Waals surface area contributed by atoms with Crippen LogP contribution in [0.25, 0.3) is 0 Å². The number of benzene rings is 2. The van der Waals surface area contributed by atoms with E-state index in [-0.39, 0.29) is 6.10 Å². The van der Waals surface area contributed by atoms with Gasteiger partial charge in [0.25, 0.3) is 0 Å². The van der Waals surface area contributed by atoms with E-state index in [0.29, 0.717) is 34.7 Å². The predicted octanol–water partition coefficient (Wildman–Crippen LogP) is 4.67. The second kappa shape index (κ2) is 7.48. The molecule has 1 aliphatic heterocycles. The third-order valence-electron chi connectivity index (χ3n) is 4.20. The summed E-state index contributed by atoms with van der Waals surface area (Å²) in [5.41, 5.74) is 0.727. The molecule has 0 radical (unpaired) electrons. The fraction of sp³-hybridized carbons (Fsp3) is 0.263. The summed E-state index contributed by atoms with van der Waals surface area (Å²) in [4.78, 5) is 0. The minimum atomic E-state index is -1.00. The molecule has 2 aromatic carbocycles. The first-order valence-corrected chi connectivity index (χ1v) is 9.17. The first-order chi connectivity index (χ1) is 13.0. The van der Waals surface area contributed by atoms with Crippen LogP contribution in [0.2, 0.25) is 10.0 Å². The van der Waals surface area contributed by atoms with Crippen molar-refractivity contribution >= 4 is 23.2 Å². The SMILES string of the molecule is CC1COC(Cn2cnnc2)(c2ccc(Oc3ccc(Cl)cc3)cc2Cl)O1. The third-order valence-corrected chi connectivity index (χ3v) is 4.77. The molecule has 1 aliphatic rings. The lowest BCUT2D eigenvalue weighted by Crippen LogP contribution is -2.33. The van der Waals surface area contributed by atoms with E-state index < -0.39 is 5.79 Å². The van der Waals surface area contributed by atoms with Gasteiger partial charge in [-0.1, -0.05) is 23.2 Å². The average molecular weight is 406 g/mol. The van der Waals surface area contributed by atoms with Gasteiger partial charge in [-0.15, -0.1) is 10.2 Å². The summed E-state index contributed by atoms with van der Waals surface area (Å²) in [6, 6.07) is 12.6. The Morgan fingerprint density at radius 2 is 1.81 bits per heavy atom. The highest BCUT2D eigenvalue weighted by atomic mass is 35.5. The summed E-state index contributed by atoms with van der Waals surface area (Å²) in [7, 11) is 0. The fourth-order valence-corrected chi connectivity index (χ4v) is 3.45. The van der Waals surface area contributed by atoms with Gasteiger partial charge in [0.05, 0.1) is 24.3 Å². The molecule has 2 heterocycles. The number of aromatic nitrogens is 3. The molecule has 1 saturated heterocycles. The highest BCUT2D eigenvalue weighted by molar-refractivity contribution is 6.31. The van der Waals surface area contributed by atoms with E-state index in [1.54, 1.807) is 47.6 Å². The molecule has 0 bridgehead atoms. The standard InChI is InChI=1S/C19H17Cl2N3O3/c1-13-9-25-19(27-13,10-24-11-22-23-12-24)17-7-6-16(8-18(17)21)26-15-4-2-14(20)3-5-15/h2-8,11-13H,9-10H2,1H3. The van der Waals surface area contributed by atoms with Crippen molar-refractivity contribution in [1.29, 1.82) is 0 Å². The minimum absolute atomic E-state index is 0.0532. The van der Waals surface area contributed by atoms with Gasteiger partial charge in [0.2, 0.25) is 5.79 Å². The molecule has 0 N–H and O–H groups in total. The summed E-state index contributed by atoms with van der Waals surface area (Å²) >= 11 is 12.5. The van der Waals surface area contributed by atoms with Crippen molar-refractivity contribution < 1.29 is 14.2 Å². The van der Waals surface area contributed by atoms with E-state index in [2.05, 4.69) is 10.2 Å². The molecule has 140 valence electrons. The van der Waals surface area contributed by atoms with Gasteiger partial charge in [0.15, 0.2) is 0 Å². The first kappa shape index (κ1) is 18.3. The number of ether oxygens (including phenoxy) is 3. The molecule has 8 heteroatoms. The van der Waals surface area contributed by atoms with E-state index in [1.165, 1.54) is 0 Å². The van der Waals surface area contributed by atoms with Gasteiger partial charge in [-0.2, -0.15) is 0 Å². The van der Waals surface area contributed by atoms with Gasteiger partial charge in [0.1, 0.15) is 24.2 Å². The van der Waals surface area contributed by atoms with Crippen LogP contribution in [0.4, 0.5) is 0 Å². The summed E-state index contributed by atoms with van der Waals surface area (Å²) < 4.78 is 19.8. The smallest absolute Gasteiger partial charge is 0.215 e. The Balaban J connectivity index is 1.62. The molecule has 1 aromatic heterocycles. The van der Waals surface area contributed by atoms with Crippen molar-refractivity contribution in [1.82, 2.24) is 14.8 Å². The molecular formula is C19H17Cl2N3O3. The lowest BCUT2D eigenvalue weighted by atomic mass is 10.1. The van der Waals surface area contributed by atoms with Gasteiger partial charge in [-0.05, 0) is 49.4 Å². The second-order valence-corrected chi connectivity index (χ2v) is 7.17. The maximum absolute atomic E-state index is 6.58. The molecule has 0 aliphatic carbocycles. The largest absolute Gasteiger partial charge is 0.457 e. The van der Waals surface area contributed by atoms with Gasteiger partial charge < -0.3 is 18.8 Å². The number of halogens is 2. The van der Waals surface area contributed by atoms with Crippen LogP contribution in [-0.2, 0) is 21.8 Å². The second-order valence-electron chi connectivity index (χ2n) is 6.32. The monoisotopic (exact) mass is 405 g/mol. The average Bonchev–Trinajstić information content (AvgIpc) is 3.28. The van der Waals surface area contributed by atoms with Crippen LogP contribution in [0, 0.1) is 0 Å². The van der Waals surface area contributed by atoms with E-state index >= 15 is 0 Å². The van der Waals surface area contributed by atoms with E-state index in [9.17, 15) is 0 Å². The van der Waals surface area contributed by atoms with Crippen LogP contribution in [0.15, 0.2) is 55.1 Å². The molecule has 2 unspecified atom stereocenters. The van der Waals surface area contributed by atoms with Crippen LogP contribution in [0.3, 0.4) is 0 Å². The molecule has 1 fully saturated rings. The molecule has 0 spiro atoms. The van der Waals surface area contributed by atoms with Gasteiger partial charge >= 0.3 is 0 Å². The lowest BCUT2D eigenvalue weighted by Gasteiger charge is -2.29. The summed E-state index contributed by atoms with van der Waals surface area (Å²) in [6.07, 6.45) is 3.18. The van der Waals surface area contributed by atoms with Crippen LogP contribution in [-0.4, -0.2) is 27.5 Å². The third kappa shape index (κ3) is 3.94. The van der Waals surface area contributed by atoms with Crippen LogP contribution >= 0.6 is 23.2 Å². The van der Waals surface area contributed by atoms with Crippen molar-refractivity contribution in [2.24, 2.45) is 0 Å². The number of nitrogens with zero attached hydrogens (tertiary/aromatic N) is 3. The maximum atomic E-state index is 6.58. The Morgan fingerprint density at radius 3 is 2.44 bits per heavy atom. The van der Waals surface area contributed by atoms with Crippen LogP contribution in [0.5, 0.6) is 11.5 Å². The fourth-order valence-electron chi connectivity index (χ4n) is 3.01. The Kier molecular flexibility index (Phi) is 5.06. The minimum Gasteiger partial charge on any atom is -0.457 e. The molecule has 3 aromatic rings. The Hall–Kier alpha value is -2.12. The summed E-state index contributed by atoms with van der Waals surface area (Å²) in [6.45, 7) is 2.82. The summed E-state index contributed by atoms with van der Waals surface area (Å²) in [5, 5.41) is 8.81. The van der Waals surface area contributed by atoms with Gasteiger partial charge in [-0.25, -0.2) is 0 Å².